The molecule has 6 nitrogen and oxygen atoms in total. The Bertz CT molecular complexity index is 688. The van der Waals surface area contributed by atoms with Crippen LogP contribution in [0.4, 0.5) is 0 Å². The van der Waals surface area contributed by atoms with Crippen molar-refractivity contribution in [2.75, 3.05) is 6.61 Å². The molecule has 1 amide bonds. The van der Waals surface area contributed by atoms with Crippen LogP contribution in [-0.2, 0) is 14.2 Å². The highest BCUT2D eigenvalue weighted by Crippen LogP contribution is 2.40. The lowest BCUT2D eigenvalue weighted by atomic mass is 10.00. The first kappa shape index (κ1) is 28.5. The summed E-state index contributed by atoms with van der Waals surface area (Å²) in [6.07, 6.45) is 15.9. The van der Waals surface area contributed by atoms with E-state index in [1.54, 1.807) is 0 Å². The molecule has 0 aromatic rings. The topological polar surface area (TPSA) is 95.9 Å². The van der Waals surface area contributed by atoms with Gasteiger partial charge in [0.2, 0.25) is 0 Å². The molecular weight excluding hydrogens is 401 g/mol. The monoisotopic (exact) mass is 441 g/mol. The zero-order valence-corrected chi connectivity index (χ0v) is 20.2. The van der Waals surface area contributed by atoms with Crippen molar-refractivity contribution in [3.8, 4) is 0 Å². The molecule has 0 radical (unpaired) electrons. The summed E-state index contributed by atoms with van der Waals surface area (Å²) in [6, 6.07) is 0. The van der Waals surface area contributed by atoms with E-state index >= 15 is 0 Å². The summed E-state index contributed by atoms with van der Waals surface area (Å²) in [4.78, 5) is 34.4. The summed E-state index contributed by atoms with van der Waals surface area (Å²) in [7, 11) is -4.45. The average Bonchev–Trinajstić information content (AvgIpc) is 2.63. The second kappa shape index (κ2) is 15.4. The molecule has 0 aliphatic rings. The molecule has 0 aromatic heterocycles. The van der Waals surface area contributed by atoms with Crippen LogP contribution in [0.3, 0.4) is 0 Å². The first-order valence-electron chi connectivity index (χ1n) is 10.5. The van der Waals surface area contributed by atoms with Crippen LogP contribution in [0.5, 0.6) is 0 Å². The third kappa shape index (κ3) is 14.5. The maximum Gasteiger partial charge on any atom is 0.337 e. The lowest BCUT2D eigenvalue weighted by Crippen LogP contribution is -2.32. The minimum Gasteiger partial charge on any atom is -0.324 e. The molecule has 0 heterocycles. The Balaban J connectivity index is 4.15. The first-order chi connectivity index (χ1) is 14.0. The van der Waals surface area contributed by atoms with E-state index < -0.39 is 19.2 Å². The molecule has 2 atom stereocenters. The van der Waals surface area contributed by atoms with Gasteiger partial charge in [-0.25, -0.2) is 5.48 Å². The largest absolute Gasteiger partial charge is 0.337 e. The number of hydrogen-bond donors (Lipinski definition) is 3. The Morgan fingerprint density at radius 1 is 1.00 bits per heavy atom. The van der Waals surface area contributed by atoms with Gasteiger partial charge in [-0.2, -0.15) is 0 Å². The van der Waals surface area contributed by atoms with Gasteiger partial charge in [0.1, 0.15) is 5.66 Å². The van der Waals surface area contributed by atoms with Crippen LogP contribution in [0, 0.1) is 5.92 Å². The van der Waals surface area contributed by atoms with Gasteiger partial charge in [-0.05, 0) is 72.6 Å². The maximum atomic E-state index is 11.5. The number of carbonyl (C=O) groups excluding carboxylic acids is 1. The summed E-state index contributed by atoms with van der Waals surface area (Å²) in [5.41, 5.74) is 4.59. The zero-order chi connectivity index (χ0) is 23.2. The highest BCUT2D eigenvalue weighted by Gasteiger charge is 2.30. The maximum absolute atomic E-state index is 11.5. The molecule has 172 valence electrons. The first-order valence-corrected chi connectivity index (χ1v) is 12.2. The number of hydrogen-bond acceptors (Lipinski definition) is 3. The summed E-state index contributed by atoms with van der Waals surface area (Å²) in [5, 5.41) is 0. The van der Waals surface area contributed by atoms with Crippen molar-refractivity contribution >= 4 is 13.5 Å². The van der Waals surface area contributed by atoms with Gasteiger partial charge in [0.25, 0.3) is 5.91 Å². The summed E-state index contributed by atoms with van der Waals surface area (Å²) >= 11 is 0. The van der Waals surface area contributed by atoms with Gasteiger partial charge in [0.05, 0.1) is 6.61 Å². The van der Waals surface area contributed by atoms with E-state index in [2.05, 4.69) is 57.5 Å². The van der Waals surface area contributed by atoms with Gasteiger partial charge in [0, 0.05) is 0 Å². The Morgan fingerprint density at radius 3 is 2.07 bits per heavy atom. The number of carbonyl (C=O) groups is 1. The third-order valence-electron chi connectivity index (χ3n) is 4.80. The molecular formula is C23H40NO5P. The molecule has 30 heavy (non-hydrogen) atoms. The van der Waals surface area contributed by atoms with Gasteiger partial charge >= 0.3 is 7.60 Å². The normalized spacial score (nSPS) is 16.1. The Morgan fingerprint density at radius 2 is 1.53 bits per heavy atom. The van der Waals surface area contributed by atoms with Crippen LogP contribution >= 0.6 is 7.60 Å². The molecule has 0 aromatic carbocycles. The molecule has 0 saturated heterocycles. The van der Waals surface area contributed by atoms with Crippen molar-refractivity contribution in [1.29, 1.82) is 0 Å². The molecule has 2 unspecified atom stereocenters. The van der Waals surface area contributed by atoms with Crippen molar-refractivity contribution in [3.63, 3.8) is 0 Å². The predicted molar refractivity (Wildman–Crippen MR) is 124 cm³/mol. The SMILES string of the molecule is CC=CC(C)CC(C)=CCCC(C)=CCCC(C)=CCONC(=O)C(C)P(=O)(O)O. The Hall–Kier alpha value is -1.46. The third-order valence-corrected chi connectivity index (χ3v) is 6.04. The van der Waals surface area contributed by atoms with Crippen LogP contribution in [0.15, 0.2) is 47.1 Å². The highest BCUT2D eigenvalue weighted by atomic mass is 31.2. The molecule has 0 aliphatic carbocycles. The van der Waals surface area contributed by atoms with Crippen molar-refractivity contribution in [2.24, 2.45) is 5.92 Å². The summed E-state index contributed by atoms with van der Waals surface area (Å²) in [6.45, 7) is 12.0. The number of hydroxylamine groups is 1. The van der Waals surface area contributed by atoms with Gasteiger partial charge in [-0.1, -0.05) is 54.0 Å². The quantitative estimate of drug-likeness (QED) is 0.141. The molecule has 0 rings (SSSR count). The van der Waals surface area contributed by atoms with Crippen LogP contribution in [0.1, 0.15) is 73.6 Å². The average molecular weight is 442 g/mol. The lowest BCUT2D eigenvalue weighted by molar-refractivity contribution is -0.132. The molecule has 3 N–H and O–H groups in total. The molecule has 0 bridgehead atoms. The van der Waals surface area contributed by atoms with E-state index in [-0.39, 0.29) is 6.61 Å². The van der Waals surface area contributed by atoms with E-state index in [1.807, 2.05) is 13.0 Å². The van der Waals surface area contributed by atoms with Gasteiger partial charge in [0.15, 0.2) is 0 Å². The van der Waals surface area contributed by atoms with Gasteiger partial charge < -0.3 is 9.79 Å². The fourth-order valence-electron chi connectivity index (χ4n) is 2.82. The number of allylic oxidation sites excluding steroid dienone is 7. The second-order valence-corrected chi connectivity index (χ2v) is 9.93. The fourth-order valence-corrected chi connectivity index (χ4v) is 3.18. The van der Waals surface area contributed by atoms with E-state index in [1.165, 1.54) is 11.1 Å². The van der Waals surface area contributed by atoms with Crippen LogP contribution in [0.25, 0.3) is 0 Å². The van der Waals surface area contributed by atoms with Crippen LogP contribution in [-0.4, -0.2) is 28.0 Å². The molecule has 0 saturated carbocycles. The number of amides is 1. The Labute approximate surface area is 182 Å². The smallest absolute Gasteiger partial charge is 0.324 e. The van der Waals surface area contributed by atoms with Crippen molar-refractivity contribution < 1.29 is 24.0 Å². The lowest BCUT2D eigenvalue weighted by Gasteiger charge is -2.12. The predicted octanol–water partition coefficient (Wildman–Crippen LogP) is 5.60. The van der Waals surface area contributed by atoms with Gasteiger partial charge in [-0.15, -0.1) is 0 Å². The van der Waals surface area contributed by atoms with E-state index in [0.717, 1.165) is 44.6 Å². The van der Waals surface area contributed by atoms with E-state index in [4.69, 9.17) is 14.6 Å². The van der Waals surface area contributed by atoms with E-state index in [9.17, 15) is 9.36 Å². The zero-order valence-electron chi connectivity index (χ0n) is 19.4. The number of rotatable bonds is 14. The fraction of sp³-hybridized carbons (Fsp3) is 0.609. The van der Waals surface area contributed by atoms with E-state index in [0.29, 0.717) is 5.92 Å². The number of nitrogens with one attached hydrogen (secondary N) is 1. The Kier molecular flexibility index (Phi) is 14.6. The summed E-state index contributed by atoms with van der Waals surface area (Å²) in [5.74, 6) is -0.238. The minimum absolute atomic E-state index is 0.157. The van der Waals surface area contributed by atoms with Gasteiger partial charge in [-0.3, -0.25) is 14.2 Å². The summed E-state index contributed by atoms with van der Waals surface area (Å²) < 4.78 is 11.0. The highest BCUT2D eigenvalue weighted by molar-refractivity contribution is 7.53. The minimum atomic E-state index is -4.45. The molecule has 0 aliphatic heterocycles. The second-order valence-electron chi connectivity index (χ2n) is 7.98. The van der Waals surface area contributed by atoms with Crippen molar-refractivity contribution in [1.82, 2.24) is 5.48 Å². The van der Waals surface area contributed by atoms with Crippen molar-refractivity contribution in [3.05, 3.63) is 47.1 Å². The molecule has 0 spiro atoms. The van der Waals surface area contributed by atoms with Crippen molar-refractivity contribution in [2.45, 2.75) is 79.3 Å². The molecule has 0 fully saturated rings. The molecule has 7 heteroatoms. The van der Waals surface area contributed by atoms with Crippen LogP contribution in [0.2, 0.25) is 0 Å². The standard InChI is InChI=1S/C23H40NO5P/c1-7-10-20(4)17-21(5)14-9-12-18(2)11-8-13-19(3)15-16-29-24-23(25)22(6)30(26,27)28/h7,10-11,14-15,20,22H,8-9,12-13,16-17H2,1-6H3,(H,24,25)(H2,26,27,28). The van der Waals surface area contributed by atoms with Crippen LogP contribution < -0.4 is 5.48 Å².